The van der Waals surface area contributed by atoms with Crippen LogP contribution >= 0.6 is 0 Å². The Bertz CT molecular complexity index is 1080. The first-order valence-electron chi connectivity index (χ1n) is 8.13. The van der Waals surface area contributed by atoms with Gasteiger partial charge in [-0.15, -0.1) is 0 Å². The number of fused-ring (bicyclic) bond motifs is 1. The molecule has 0 spiro atoms. The summed E-state index contributed by atoms with van der Waals surface area (Å²) >= 11 is 0. The van der Waals surface area contributed by atoms with Gasteiger partial charge in [-0.3, -0.25) is 9.78 Å². The summed E-state index contributed by atoms with van der Waals surface area (Å²) in [5.74, 6) is -0.287. The number of aromatic amines is 1. The summed E-state index contributed by atoms with van der Waals surface area (Å²) in [7, 11) is 0. The normalized spacial score (nSPS) is 10.9. The van der Waals surface area contributed by atoms with Gasteiger partial charge in [0, 0.05) is 29.7 Å². The summed E-state index contributed by atoms with van der Waals surface area (Å²) in [5.41, 5.74) is 3.59. The molecule has 0 fully saturated rings. The van der Waals surface area contributed by atoms with E-state index >= 15 is 0 Å². The number of nitrogens with one attached hydrogen (secondary N) is 2. The summed E-state index contributed by atoms with van der Waals surface area (Å²) in [6.45, 7) is -0.243. The lowest BCUT2D eigenvalue weighted by Crippen LogP contribution is -2.13. The zero-order chi connectivity index (χ0) is 18.8. The smallest absolute Gasteiger partial charge is 0.322 e. The van der Waals surface area contributed by atoms with E-state index in [1.807, 2.05) is 0 Å². The molecule has 0 radical (unpaired) electrons. The lowest BCUT2D eigenvalue weighted by Gasteiger charge is -2.07. The van der Waals surface area contributed by atoms with Crippen molar-refractivity contribution >= 4 is 11.8 Å². The van der Waals surface area contributed by atoms with E-state index in [0.717, 1.165) is 16.7 Å². The lowest BCUT2D eigenvalue weighted by molar-refractivity contribution is -0.134. The Morgan fingerprint density at radius 1 is 1.07 bits per heavy atom. The molecule has 0 saturated carbocycles. The molecule has 0 aliphatic carbocycles. The second-order valence-corrected chi connectivity index (χ2v) is 5.81. The Labute approximate surface area is 153 Å². The van der Waals surface area contributed by atoms with E-state index in [1.54, 1.807) is 42.9 Å². The van der Waals surface area contributed by atoms with Gasteiger partial charge in [-0.25, -0.2) is 14.4 Å². The number of carboxylic acid groups (broad SMARTS) is 1. The van der Waals surface area contributed by atoms with Crippen molar-refractivity contribution in [2.45, 2.75) is 0 Å². The highest BCUT2D eigenvalue weighted by atomic mass is 19.1. The number of hydrogen-bond acceptors (Lipinski definition) is 5. The van der Waals surface area contributed by atoms with E-state index in [2.05, 4.69) is 25.3 Å². The number of nitrogens with zero attached hydrogens (tertiary/aromatic N) is 3. The molecule has 1 aromatic carbocycles. The van der Waals surface area contributed by atoms with Crippen LogP contribution in [-0.2, 0) is 4.79 Å². The Morgan fingerprint density at radius 3 is 2.67 bits per heavy atom. The summed E-state index contributed by atoms with van der Waals surface area (Å²) in [6.07, 6.45) is 4.89. The van der Waals surface area contributed by atoms with Gasteiger partial charge in [-0.1, -0.05) is 12.1 Å². The van der Waals surface area contributed by atoms with Gasteiger partial charge in [0.05, 0.1) is 5.69 Å². The maximum Gasteiger partial charge on any atom is 0.322 e. The number of benzene rings is 1. The number of rotatable bonds is 5. The van der Waals surface area contributed by atoms with E-state index < -0.39 is 5.97 Å². The highest BCUT2D eigenvalue weighted by molar-refractivity contribution is 5.92. The number of carbonyl (C=O) groups is 1. The van der Waals surface area contributed by atoms with Crippen LogP contribution in [0.4, 0.5) is 10.2 Å². The third-order valence-electron chi connectivity index (χ3n) is 4.01. The van der Waals surface area contributed by atoms with Crippen LogP contribution in [0, 0.1) is 5.82 Å². The number of anilines is 1. The molecule has 0 saturated heterocycles. The van der Waals surface area contributed by atoms with Crippen LogP contribution in [0.3, 0.4) is 0 Å². The van der Waals surface area contributed by atoms with Gasteiger partial charge < -0.3 is 15.4 Å². The Hall–Kier alpha value is -3.81. The third kappa shape index (κ3) is 3.32. The van der Waals surface area contributed by atoms with Crippen molar-refractivity contribution in [3.8, 4) is 33.9 Å². The fraction of sp³-hybridized carbons (Fsp3) is 0.0526. The molecule has 27 heavy (non-hydrogen) atoms. The fourth-order valence-corrected chi connectivity index (χ4v) is 2.85. The van der Waals surface area contributed by atoms with E-state index in [0.29, 0.717) is 23.0 Å². The molecular weight excluding hydrogens is 349 g/mol. The molecule has 0 amide bonds. The molecular formula is C19H14FN5O2. The van der Waals surface area contributed by atoms with Gasteiger partial charge in [0.15, 0.2) is 5.82 Å². The molecule has 2 aliphatic rings. The molecule has 2 aliphatic heterocycles. The lowest BCUT2D eigenvalue weighted by atomic mass is 10.00. The zero-order valence-electron chi connectivity index (χ0n) is 14.0. The summed E-state index contributed by atoms with van der Waals surface area (Å²) in [6, 6.07) is 9.62. The standard InChI is InChI=1S/C19H14FN5O2/c20-13-3-1-11(2-4-13)16-17(25-19-18(16)22-7-8-23-19)12-5-6-21-14(9-12)24-10-15(26)27/h1-9H,10H2,(H,21,24)(H,23,25)(H,26,27). The largest absolute Gasteiger partial charge is 0.480 e. The number of aliphatic carboxylic acids is 1. The zero-order valence-corrected chi connectivity index (χ0v) is 14.0. The monoisotopic (exact) mass is 363 g/mol. The van der Waals surface area contributed by atoms with Gasteiger partial charge in [-0.2, -0.15) is 0 Å². The molecule has 0 unspecified atom stereocenters. The Balaban J connectivity index is 1.86. The minimum Gasteiger partial charge on any atom is -0.480 e. The molecule has 2 aromatic rings. The van der Waals surface area contributed by atoms with Gasteiger partial charge >= 0.3 is 5.97 Å². The molecule has 1 aromatic heterocycles. The average molecular weight is 363 g/mol. The van der Waals surface area contributed by atoms with Crippen molar-refractivity contribution in [2.75, 3.05) is 11.9 Å². The van der Waals surface area contributed by atoms with Crippen molar-refractivity contribution < 1.29 is 14.3 Å². The number of carboxylic acids is 1. The molecule has 4 rings (SSSR count). The molecule has 134 valence electrons. The predicted molar refractivity (Wildman–Crippen MR) is 97.8 cm³/mol. The molecule has 0 atom stereocenters. The van der Waals surface area contributed by atoms with Crippen LogP contribution in [0.1, 0.15) is 0 Å². The third-order valence-corrected chi connectivity index (χ3v) is 4.01. The van der Waals surface area contributed by atoms with Crippen molar-refractivity contribution in [3.05, 3.63) is 60.8 Å². The number of hydrogen-bond donors (Lipinski definition) is 3. The molecule has 7 nitrogen and oxygen atoms in total. The first-order valence-corrected chi connectivity index (χ1v) is 8.13. The maximum atomic E-state index is 13.4. The van der Waals surface area contributed by atoms with Crippen molar-refractivity contribution in [3.63, 3.8) is 0 Å². The Morgan fingerprint density at radius 2 is 1.89 bits per heavy atom. The van der Waals surface area contributed by atoms with Gasteiger partial charge in [0.25, 0.3) is 0 Å². The average Bonchev–Trinajstić information content (AvgIpc) is 3.07. The highest BCUT2D eigenvalue weighted by Gasteiger charge is 2.22. The summed E-state index contributed by atoms with van der Waals surface area (Å²) in [4.78, 5) is 27.0. The van der Waals surface area contributed by atoms with Crippen molar-refractivity contribution in [2.24, 2.45) is 0 Å². The number of aromatic nitrogens is 4. The second kappa shape index (κ2) is 6.83. The summed E-state index contributed by atoms with van der Waals surface area (Å²) in [5, 5.41) is 11.6. The van der Waals surface area contributed by atoms with Crippen LogP contribution in [0.15, 0.2) is 55.0 Å². The van der Waals surface area contributed by atoms with Gasteiger partial charge in [0.2, 0.25) is 0 Å². The van der Waals surface area contributed by atoms with Crippen LogP contribution in [0.2, 0.25) is 0 Å². The van der Waals surface area contributed by atoms with Crippen LogP contribution in [0.25, 0.3) is 33.9 Å². The van der Waals surface area contributed by atoms with E-state index in [-0.39, 0.29) is 12.4 Å². The molecule has 3 heterocycles. The number of pyridine rings is 1. The van der Waals surface area contributed by atoms with Crippen LogP contribution in [-0.4, -0.2) is 37.6 Å². The molecule has 8 heteroatoms. The van der Waals surface area contributed by atoms with Crippen LogP contribution < -0.4 is 5.32 Å². The minimum absolute atomic E-state index is 0.243. The SMILES string of the molecule is O=C(O)CNc1cc(-c2nc3[nH]ccnc-3c2-c2ccc(F)cc2)ccn1. The summed E-state index contributed by atoms with van der Waals surface area (Å²) < 4.78 is 13.4. The fourth-order valence-electron chi connectivity index (χ4n) is 2.85. The predicted octanol–water partition coefficient (Wildman–Crippen LogP) is 3.27. The van der Waals surface area contributed by atoms with Gasteiger partial charge in [-0.05, 0) is 29.8 Å². The van der Waals surface area contributed by atoms with E-state index in [1.165, 1.54) is 12.1 Å². The van der Waals surface area contributed by atoms with Crippen molar-refractivity contribution in [1.82, 2.24) is 19.9 Å². The molecule has 0 bridgehead atoms. The first-order chi connectivity index (χ1) is 13.1. The molecule has 3 N–H and O–H groups in total. The van der Waals surface area contributed by atoms with Crippen molar-refractivity contribution in [1.29, 1.82) is 0 Å². The quantitative estimate of drug-likeness (QED) is 0.503. The van der Waals surface area contributed by atoms with E-state index in [4.69, 9.17) is 5.11 Å². The van der Waals surface area contributed by atoms with Crippen LogP contribution in [0.5, 0.6) is 0 Å². The highest BCUT2D eigenvalue weighted by Crippen LogP contribution is 2.40. The number of halogens is 1. The van der Waals surface area contributed by atoms with Gasteiger partial charge in [0.1, 0.15) is 23.9 Å². The number of H-pyrrole nitrogens is 1. The second-order valence-electron chi connectivity index (χ2n) is 5.81. The Kier molecular flexibility index (Phi) is 4.21. The minimum atomic E-state index is -0.981. The maximum absolute atomic E-state index is 13.4. The van der Waals surface area contributed by atoms with E-state index in [9.17, 15) is 9.18 Å². The first kappa shape index (κ1) is 16.6. The topological polar surface area (TPSA) is 104 Å².